The molecule has 0 radical (unpaired) electrons. The maximum absolute atomic E-state index is 13.0. The molecule has 174 valence electrons. The maximum Gasteiger partial charge on any atom is 0.267 e. The average molecular weight is 479 g/mol. The zero-order valence-electron chi connectivity index (χ0n) is 18.2. The molecule has 1 atom stereocenters. The first-order valence-corrected chi connectivity index (χ1v) is 12.0. The largest absolute Gasteiger partial charge is 0.485 e. The lowest BCUT2D eigenvalue weighted by atomic mass is 10.2. The first kappa shape index (κ1) is 20.9. The molecule has 34 heavy (non-hydrogen) atoms. The number of thiophene rings is 1. The molecule has 0 saturated carbocycles. The number of nitrogens with one attached hydrogen (secondary N) is 1. The van der Waals surface area contributed by atoms with Crippen LogP contribution in [0.1, 0.15) is 5.82 Å². The number of aromatic amines is 1. The van der Waals surface area contributed by atoms with Crippen molar-refractivity contribution in [1.82, 2.24) is 19.8 Å². The zero-order valence-corrected chi connectivity index (χ0v) is 19.0. The van der Waals surface area contributed by atoms with Gasteiger partial charge >= 0.3 is 0 Å². The second kappa shape index (κ2) is 8.62. The fourth-order valence-corrected chi connectivity index (χ4v) is 5.31. The van der Waals surface area contributed by atoms with Gasteiger partial charge in [0.2, 0.25) is 6.10 Å². The molecule has 5 heterocycles. The van der Waals surface area contributed by atoms with Crippen LogP contribution in [-0.4, -0.2) is 64.6 Å². The van der Waals surface area contributed by atoms with Gasteiger partial charge in [0.05, 0.1) is 18.2 Å². The monoisotopic (exact) mass is 478 g/mol. The van der Waals surface area contributed by atoms with Crippen LogP contribution in [0.15, 0.2) is 57.3 Å². The summed E-state index contributed by atoms with van der Waals surface area (Å²) < 4.78 is 17.0. The molecule has 6 rings (SSSR count). The molecule has 1 N–H and O–H groups in total. The van der Waals surface area contributed by atoms with Gasteiger partial charge in [-0.05, 0) is 24.3 Å². The number of rotatable bonds is 4. The topological polar surface area (TPSA) is 101 Å². The van der Waals surface area contributed by atoms with E-state index in [1.54, 1.807) is 12.3 Å². The van der Waals surface area contributed by atoms with Crippen LogP contribution >= 0.6 is 11.3 Å². The van der Waals surface area contributed by atoms with E-state index in [9.17, 15) is 9.59 Å². The van der Waals surface area contributed by atoms with Crippen molar-refractivity contribution in [2.75, 3.05) is 32.8 Å². The van der Waals surface area contributed by atoms with Gasteiger partial charge < -0.3 is 23.8 Å². The van der Waals surface area contributed by atoms with E-state index in [1.165, 1.54) is 11.3 Å². The summed E-state index contributed by atoms with van der Waals surface area (Å²) in [6.45, 7) is 3.24. The molecule has 3 aromatic heterocycles. The van der Waals surface area contributed by atoms with Crippen LogP contribution in [0, 0.1) is 0 Å². The number of amides is 1. The summed E-state index contributed by atoms with van der Waals surface area (Å²) in [4.78, 5) is 38.0. The average Bonchev–Trinajstić information content (AvgIpc) is 3.54. The highest BCUT2D eigenvalue weighted by Crippen LogP contribution is 2.32. The Kier molecular flexibility index (Phi) is 5.31. The van der Waals surface area contributed by atoms with Gasteiger partial charge in [-0.1, -0.05) is 12.1 Å². The molecule has 4 aromatic rings. The summed E-state index contributed by atoms with van der Waals surface area (Å²) in [5, 5.41) is 2.45. The highest BCUT2D eigenvalue weighted by atomic mass is 32.1. The molecular formula is C24H22N4O5S. The van der Waals surface area contributed by atoms with E-state index >= 15 is 0 Å². The van der Waals surface area contributed by atoms with Crippen molar-refractivity contribution in [3.63, 3.8) is 0 Å². The van der Waals surface area contributed by atoms with Crippen LogP contribution in [0.3, 0.4) is 0 Å². The lowest BCUT2D eigenvalue weighted by Crippen LogP contribution is -2.53. The molecule has 1 fully saturated rings. The number of piperazine rings is 1. The van der Waals surface area contributed by atoms with Crippen LogP contribution in [-0.2, 0) is 11.3 Å². The van der Waals surface area contributed by atoms with Gasteiger partial charge in [0.15, 0.2) is 11.5 Å². The van der Waals surface area contributed by atoms with E-state index in [2.05, 4.69) is 14.9 Å². The number of nitrogens with zero attached hydrogens (tertiary/aromatic N) is 3. The summed E-state index contributed by atoms with van der Waals surface area (Å²) in [5.41, 5.74) is 0.588. The fraction of sp³-hybridized carbons (Fsp3) is 0.292. The predicted octanol–water partition coefficient (Wildman–Crippen LogP) is 2.73. The number of aromatic nitrogens is 2. The first-order chi connectivity index (χ1) is 16.7. The van der Waals surface area contributed by atoms with Gasteiger partial charge in [-0.25, -0.2) is 4.98 Å². The third-order valence-corrected chi connectivity index (χ3v) is 6.99. The summed E-state index contributed by atoms with van der Waals surface area (Å²) >= 11 is 1.43. The minimum absolute atomic E-state index is 0.0638. The predicted molar refractivity (Wildman–Crippen MR) is 126 cm³/mol. The van der Waals surface area contributed by atoms with E-state index in [0.29, 0.717) is 66.0 Å². The van der Waals surface area contributed by atoms with E-state index in [0.717, 1.165) is 5.56 Å². The number of ether oxygens (including phenoxy) is 2. The van der Waals surface area contributed by atoms with Gasteiger partial charge in [-0.2, -0.15) is 0 Å². The number of hydrogen-bond acceptors (Lipinski definition) is 8. The molecule has 2 aliphatic rings. The smallest absolute Gasteiger partial charge is 0.267 e. The highest BCUT2D eigenvalue weighted by Gasteiger charge is 2.32. The van der Waals surface area contributed by atoms with E-state index in [4.69, 9.17) is 13.9 Å². The van der Waals surface area contributed by atoms with Crippen LogP contribution in [0.5, 0.6) is 11.5 Å². The quantitative estimate of drug-likeness (QED) is 0.481. The maximum atomic E-state index is 13.0. The lowest BCUT2D eigenvalue weighted by molar-refractivity contribution is -0.143. The number of benzene rings is 1. The third kappa shape index (κ3) is 3.84. The molecular weight excluding hydrogens is 456 g/mol. The number of carbonyl (C=O) groups excluding carboxylic acids is 1. The normalized spacial score (nSPS) is 18.4. The standard InChI is InChI=1S/C24H22N4O5S/c29-22-21-15(16-6-3-11-31-16)14-34-23(21)26-20(25-22)12-27-7-9-28(10-8-27)24(30)19-13-32-17-4-1-2-5-18(17)33-19/h1-6,11,14,19H,7-10,12-13H2,(H,25,26,29)/t19-/m1/s1. The molecule has 0 bridgehead atoms. The van der Waals surface area contributed by atoms with E-state index < -0.39 is 6.10 Å². The van der Waals surface area contributed by atoms with Crippen molar-refractivity contribution in [3.8, 4) is 22.8 Å². The van der Waals surface area contributed by atoms with Crippen LogP contribution in [0.2, 0.25) is 0 Å². The molecule has 2 aliphatic heterocycles. The van der Waals surface area contributed by atoms with E-state index in [1.807, 2.05) is 40.6 Å². The van der Waals surface area contributed by atoms with Gasteiger partial charge in [0.1, 0.15) is 23.0 Å². The van der Waals surface area contributed by atoms with Gasteiger partial charge in [-0.15, -0.1) is 11.3 Å². The minimum atomic E-state index is -0.635. The van der Waals surface area contributed by atoms with Gasteiger partial charge in [-0.3, -0.25) is 14.5 Å². The Morgan fingerprint density at radius 1 is 1.12 bits per heavy atom. The number of fused-ring (bicyclic) bond motifs is 2. The number of carbonyl (C=O) groups is 1. The first-order valence-electron chi connectivity index (χ1n) is 11.1. The van der Waals surface area contributed by atoms with Crippen molar-refractivity contribution >= 4 is 27.5 Å². The zero-order chi connectivity index (χ0) is 23.1. The van der Waals surface area contributed by atoms with Crippen molar-refractivity contribution in [2.24, 2.45) is 0 Å². The Labute approximate surface area is 198 Å². The highest BCUT2D eigenvalue weighted by molar-refractivity contribution is 7.17. The van der Waals surface area contributed by atoms with Gasteiger partial charge in [0, 0.05) is 37.1 Å². The lowest BCUT2D eigenvalue weighted by Gasteiger charge is -2.36. The number of hydrogen-bond donors (Lipinski definition) is 1. The van der Waals surface area contributed by atoms with Crippen molar-refractivity contribution in [2.45, 2.75) is 12.6 Å². The number of furan rings is 1. The fourth-order valence-electron chi connectivity index (χ4n) is 4.36. The number of H-pyrrole nitrogens is 1. The Bertz CT molecular complexity index is 1390. The minimum Gasteiger partial charge on any atom is -0.485 e. The molecule has 9 nitrogen and oxygen atoms in total. The molecule has 1 aromatic carbocycles. The molecule has 0 unspecified atom stereocenters. The van der Waals surface area contributed by atoms with E-state index in [-0.39, 0.29) is 18.1 Å². The van der Waals surface area contributed by atoms with Crippen molar-refractivity contribution < 1.29 is 18.7 Å². The summed E-state index contributed by atoms with van der Waals surface area (Å²) in [5.74, 6) is 2.47. The van der Waals surface area contributed by atoms with Crippen LogP contribution < -0.4 is 15.0 Å². The Morgan fingerprint density at radius 2 is 1.94 bits per heavy atom. The summed E-state index contributed by atoms with van der Waals surface area (Å²) in [6, 6.07) is 11.0. The SMILES string of the molecule is O=C([C@H]1COc2ccccc2O1)N1CCN(Cc2nc3scc(-c4ccco4)c3c(=O)[nH]2)CC1. The van der Waals surface area contributed by atoms with Crippen LogP contribution in [0.25, 0.3) is 21.5 Å². The van der Waals surface area contributed by atoms with Gasteiger partial charge in [0.25, 0.3) is 11.5 Å². The number of para-hydroxylation sites is 2. The Hall–Kier alpha value is -3.63. The Morgan fingerprint density at radius 3 is 2.74 bits per heavy atom. The molecule has 1 saturated heterocycles. The second-order valence-corrected chi connectivity index (χ2v) is 9.14. The molecule has 0 spiro atoms. The third-order valence-electron chi connectivity index (χ3n) is 6.12. The molecule has 1 amide bonds. The Balaban J connectivity index is 1.09. The molecule has 0 aliphatic carbocycles. The van der Waals surface area contributed by atoms with Crippen molar-refractivity contribution in [3.05, 3.63) is 64.2 Å². The second-order valence-electron chi connectivity index (χ2n) is 8.29. The summed E-state index contributed by atoms with van der Waals surface area (Å²) in [6.07, 6.45) is 0.954. The van der Waals surface area contributed by atoms with Crippen LogP contribution in [0.4, 0.5) is 0 Å². The molecule has 10 heteroatoms. The van der Waals surface area contributed by atoms with Crippen molar-refractivity contribution in [1.29, 1.82) is 0 Å². The summed E-state index contributed by atoms with van der Waals surface area (Å²) in [7, 11) is 0.